The summed E-state index contributed by atoms with van der Waals surface area (Å²) in [6.45, 7) is 5.53. The average Bonchev–Trinajstić information content (AvgIpc) is 3.10. The molecular formula is C22H28ClN5O3. The standard InChI is InChI=1S/C22H28ClN5O3/c1-4-6-7-11-31-17-12-14(8-9-16(17)23)25-13-15-18-19(24-10-5-2)27-22(30-3)28-20(18)26-21(15)29/h8-9,12-13,29H,4-7,10-11H2,1-3H3,(H2,24,26,27,28). The van der Waals surface area contributed by atoms with Crippen LogP contribution in [0.5, 0.6) is 17.6 Å². The van der Waals surface area contributed by atoms with Gasteiger partial charge in [-0.1, -0.05) is 38.3 Å². The van der Waals surface area contributed by atoms with Crippen LogP contribution in [0.1, 0.15) is 45.1 Å². The highest BCUT2D eigenvalue weighted by Crippen LogP contribution is 2.33. The van der Waals surface area contributed by atoms with Crippen molar-refractivity contribution in [2.45, 2.75) is 39.5 Å². The van der Waals surface area contributed by atoms with E-state index in [1.54, 1.807) is 24.4 Å². The number of benzene rings is 1. The van der Waals surface area contributed by atoms with Gasteiger partial charge < -0.3 is 24.9 Å². The lowest BCUT2D eigenvalue weighted by Gasteiger charge is -2.08. The molecule has 0 bridgehead atoms. The highest BCUT2D eigenvalue weighted by molar-refractivity contribution is 6.32. The first-order chi connectivity index (χ1) is 15.1. The van der Waals surface area contributed by atoms with Crippen molar-refractivity contribution in [3.8, 4) is 17.6 Å². The number of nitrogens with one attached hydrogen (secondary N) is 2. The fourth-order valence-electron chi connectivity index (χ4n) is 3.03. The van der Waals surface area contributed by atoms with Crippen molar-refractivity contribution in [3.05, 3.63) is 28.8 Å². The molecule has 2 aromatic heterocycles. The predicted molar refractivity (Wildman–Crippen MR) is 125 cm³/mol. The van der Waals surface area contributed by atoms with Crippen LogP contribution in [-0.4, -0.2) is 46.5 Å². The molecule has 9 heteroatoms. The molecule has 1 aromatic carbocycles. The van der Waals surface area contributed by atoms with E-state index in [4.69, 9.17) is 21.1 Å². The van der Waals surface area contributed by atoms with Gasteiger partial charge in [0.15, 0.2) is 5.88 Å². The third kappa shape index (κ3) is 5.58. The normalized spacial score (nSPS) is 11.4. The zero-order chi connectivity index (χ0) is 22.2. The number of ether oxygens (including phenoxy) is 2. The van der Waals surface area contributed by atoms with Gasteiger partial charge in [-0.2, -0.15) is 9.97 Å². The molecule has 8 nitrogen and oxygen atoms in total. The number of aromatic hydroxyl groups is 1. The van der Waals surface area contributed by atoms with Gasteiger partial charge in [-0.15, -0.1) is 0 Å². The van der Waals surface area contributed by atoms with Crippen LogP contribution in [0.3, 0.4) is 0 Å². The van der Waals surface area contributed by atoms with Crippen molar-refractivity contribution in [3.63, 3.8) is 0 Å². The fraction of sp³-hybridized carbons (Fsp3) is 0.409. The molecule has 0 amide bonds. The SMILES string of the molecule is CCCCCOc1cc(N=Cc2c(O)[nH]c3nc(OC)nc(NCCC)c23)ccc1Cl. The van der Waals surface area contributed by atoms with Crippen molar-refractivity contribution < 1.29 is 14.6 Å². The number of unbranched alkanes of at least 4 members (excludes halogenated alkanes) is 2. The van der Waals surface area contributed by atoms with Crippen molar-refractivity contribution in [1.29, 1.82) is 0 Å². The van der Waals surface area contributed by atoms with Gasteiger partial charge in [0.05, 0.1) is 35.4 Å². The quantitative estimate of drug-likeness (QED) is 0.267. The Labute approximate surface area is 186 Å². The molecular weight excluding hydrogens is 418 g/mol. The van der Waals surface area contributed by atoms with Crippen molar-refractivity contribution in [2.24, 2.45) is 4.99 Å². The Hall–Kier alpha value is -3.00. The Balaban J connectivity index is 1.91. The maximum absolute atomic E-state index is 10.5. The van der Waals surface area contributed by atoms with Crippen molar-refractivity contribution in [2.75, 3.05) is 25.6 Å². The van der Waals surface area contributed by atoms with E-state index in [-0.39, 0.29) is 11.9 Å². The number of rotatable bonds is 11. The van der Waals surface area contributed by atoms with Crippen LogP contribution in [0.25, 0.3) is 11.0 Å². The van der Waals surface area contributed by atoms with E-state index in [1.165, 1.54) is 7.11 Å². The average molecular weight is 446 g/mol. The number of halogens is 1. The number of hydrogen-bond acceptors (Lipinski definition) is 7. The maximum Gasteiger partial charge on any atom is 0.320 e. The van der Waals surface area contributed by atoms with Gasteiger partial charge in [-0.25, -0.2) is 0 Å². The molecule has 166 valence electrons. The molecule has 0 radical (unpaired) electrons. The molecule has 0 spiro atoms. The molecule has 0 aliphatic carbocycles. The highest BCUT2D eigenvalue weighted by atomic mass is 35.5. The largest absolute Gasteiger partial charge is 0.494 e. The van der Waals surface area contributed by atoms with Crippen LogP contribution in [0.15, 0.2) is 23.2 Å². The smallest absolute Gasteiger partial charge is 0.320 e. The molecule has 31 heavy (non-hydrogen) atoms. The lowest BCUT2D eigenvalue weighted by atomic mass is 10.2. The van der Waals surface area contributed by atoms with Crippen LogP contribution >= 0.6 is 11.6 Å². The summed E-state index contributed by atoms with van der Waals surface area (Å²) in [6.07, 6.45) is 5.70. The summed E-state index contributed by atoms with van der Waals surface area (Å²) in [7, 11) is 1.50. The van der Waals surface area contributed by atoms with E-state index in [0.717, 1.165) is 25.7 Å². The van der Waals surface area contributed by atoms with Gasteiger partial charge in [0.25, 0.3) is 0 Å². The summed E-state index contributed by atoms with van der Waals surface area (Å²) in [5, 5.41) is 14.9. The molecule has 0 saturated carbocycles. The van der Waals surface area contributed by atoms with Crippen LogP contribution < -0.4 is 14.8 Å². The summed E-state index contributed by atoms with van der Waals surface area (Å²) < 4.78 is 11.0. The minimum Gasteiger partial charge on any atom is -0.494 e. The lowest BCUT2D eigenvalue weighted by Crippen LogP contribution is -2.05. The van der Waals surface area contributed by atoms with Gasteiger partial charge in [-0.3, -0.25) is 4.99 Å². The second kappa shape index (κ2) is 10.9. The second-order valence-corrected chi connectivity index (χ2v) is 7.43. The van der Waals surface area contributed by atoms with Crippen LogP contribution in [-0.2, 0) is 0 Å². The number of nitrogens with zero attached hydrogens (tertiary/aromatic N) is 3. The van der Waals surface area contributed by atoms with E-state index in [1.807, 2.05) is 0 Å². The minimum atomic E-state index is -0.0501. The molecule has 3 rings (SSSR count). The van der Waals surface area contributed by atoms with Gasteiger partial charge in [0.2, 0.25) is 0 Å². The van der Waals surface area contributed by atoms with E-state index < -0.39 is 0 Å². The van der Waals surface area contributed by atoms with Gasteiger partial charge in [0, 0.05) is 18.8 Å². The number of hydrogen-bond donors (Lipinski definition) is 3. The Morgan fingerprint density at radius 2 is 2.06 bits per heavy atom. The van der Waals surface area contributed by atoms with E-state index in [2.05, 4.69) is 39.1 Å². The summed E-state index contributed by atoms with van der Waals surface area (Å²) in [5.74, 6) is 1.11. The summed E-state index contributed by atoms with van der Waals surface area (Å²) in [4.78, 5) is 16.0. The molecule has 3 aromatic rings. The van der Waals surface area contributed by atoms with Crippen molar-refractivity contribution in [1.82, 2.24) is 15.0 Å². The minimum absolute atomic E-state index is 0.0501. The summed E-state index contributed by atoms with van der Waals surface area (Å²) in [5.41, 5.74) is 1.60. The monoisotopic (exact) mass is 445 g/mol. The number of methoxy groups -OCH3 is 1. The van der Waals surface area contributed by atoms with Crippen molar-refractivity contribution >= 4 is 40.4 Å². The summed E-state index contributed by atoms with van der Waals surface area (Å²) >= 11 is 6.25. The molecule has 0 aliphatic rings. The van der Waals surface area contributed by atoms with Crippen LogP contribution in [0, 0.1) is 0 Å². The van der Waals surface area contributed by atoms with Gasteiger partial charge in [0.1, 0.15) is 17.2 Å². The molecule has 0 aliphatic heterocycles. The number of aromatic amines is 1. The van der Waals surface area contributed by atoms with Gasteiger partial charge >= 0.3 is 6.01 Å². The number of aromatic nitrogens is 3. The fourth-order valence-corrected chi connectivity index (χ4v) is 3.20. The topological polar surface area (TPSA) is 105 Å². The second-order valence-electron chi connectivity index (χ2n) is 7.03. The van der Waals surface area contributed by atoms with Crippen LogP contribution in [0.4, 0.5) is 11.5 Å². The van der Waals surface area contributed by atoms with Gasteiger partial charge in [-0.05, 0) is 25.0 Å². The van der Waals surface area contributed by atoms with E-state index in [9.17, 15) is 5.11 Å². The Morgan fingerprint density at radius 3 is 2.81 bits per heavy atom. The number of H-pyrrole nitrogens is 1. The molecule has 0 atom stereocenters. The zero-order valence-electron chi connectivity index (χ0n) is 18.0. The van der Waals surface area contributed by atoms with Crippen LogP contribution in [0.2, 0.25) is 5.02 Å². The third-order valence-corrected chi connectivity index (χ3v) is 4.95. The number of fused-ring (bicyclic) bond motifs is 1. The molecule has 3 N–H and O–H groups in total. The molecule has 0 fully saturated rings. The Morgan fingerprint density at radius 1 is 1.23 bits per heavy atom. The zero-order valence-corrected chi connectivity index (χ0v) is 18.8. The Bertz CT molecular complexity index is 1050. The molecule has 2 heterocycles. The molecule has 0 unspecified atom stereocenters. The van der Waals surface area contributed by atoms with E-state index >= 15 is 0 Å². The first-order valence-corrected chi connectivity index (χ1v) is 10.8. The predicted octanol–water partition coefficient (Wildman–Crippen LogP) is 5.47. The molecule has 0 saturated heterocycles. The van der Waals surface area contributed by atoms with E-state index in [0.29, 0.717) is 52.0 Å². The first kappa shape index (κ1) is 22.7. The Kier molecular flexibility index (Phi) is 7.94. The maximum atomic E-state index is 10.5. The first-order valence-electron chi connectivity index (χ1n) is 10.4. The lowest BCUT2D eigenvalue weighted by molar-refractivity contribution is 0.306. The number of aliphatic imine (C=N–C) groups is 1. The third-order valence-electron chi connectivity index (χ3n) is 4.64. The number of anilines is 1. The highest BCUT2D eigenvalue weighted by Gasteiger charge is 2.17. The summed E-state index contributed by atoms with van der Waals surface area (Å²) in [6, 6.07) is 5.53.